The van der Waals surface area contributed by atoms with Gasteiger partial charge in [-0.15, -0.1) is 0 Å². The van der Waals surface area contributed by atoms with Gasteiger partial charge in [0, 0.05) is 30.9 Å². The Hall–Kier alpha value is -2.50. The lowest BCUT2D eigenvalue weighted by molar-refractivity contribution is 0.0951. The minimum atomic E-state index is -0.200. The quantitative estimate of drug-likeness (QED) is 0.886. The first-order valence-electron chi connectivity index (χ1n) is 7.00. The second kappa shape index (κ2) is 5.87. The molecule has 6 heteroatoms. The second-order valence-electron chi connectivity index (χ2n) is 5.09. The molecular weight excluding hydrogens is 268 g/mol. The van der Waals surface area contributed by atoms with Gasteiger partial charge in [0.25, 0.3) is 11.5 Å². The molecule has 0 aliphatic heterocycles. The fourth-order valence-electron chi connectivity index (χ4n) is 2.10. The predicted molar refractivity (Wildman–Crippen MR) is 77.0 cm³/mol. The fraction of sp³-hybridized carbons (Fsp3) is 0.333. The predicted octanol–water partition coefficient (Wildman–Crippen LogP) is 0.946. The molecule has 0 radical (unpaired) electrons. The maximum absolute atomic E-state index is 11.8. The molecule has 0 unspecified atom stereocenters. The van der Waals surface area contributed by atoms with E-state index in [0.717, 1.165) is 18.5 Å². The number of rotatable bonds is 5. The van der Waals surface area contributed by atoms with Crippen molar-refractivity contribution in [2.24, 2.45) is 0 Å². The summed E-state index contributed by atoms with van der Waals surface area (Å²) in [5.74, 6) is 0.302. The van der Waals surface area contributed by atoms with Crippen LogP contribution < -0.4 is 10.9 Å². The van der Waals surface area contributed by atoms with Crippen molar-refractivity contribution in [1.29, 1.82) is 0 Å². The van der Waals surface area contributed by atoms with E-state index in [2.05, 4.69) is 15.4 Å². The average Bonchev–Trinajstić information content (AvgIpc) is 3.35. The van der Waals surface area contributed by atoms with Crippen LogP contribution in [0.2, 0.25) is 0 Å². The molecule has 2 aromatic rings. The molecule has 2 heterocycles. The van der Waals surface area contributed by atoms with Crippen LogP contribution in [0.5, 0.6) is 0 Å². The first kappa shape index (κ1) is 13.5. The molecule has 1 N–H and O–H groups in total. The van der Waals surface area contributed by atoms with Gasteiger partial charge in [-0.2, -0.15) is 5.10 Å². The molecule has 21 heavy (non-hydrogen) atoms. The zero-order valence-electron chi connectivity index (χ0n) is 11.5. The third-order valence-corrected chi connectivity index (χ3v) is 3.42. The number of hydrogen-bond donors (Lipinski definition) is 1. The maximum Gasteiger partial charge on any atom is 0.266 e. The molecule has 3 rings (SSSR count). The molecule has 0 atom stereocenters. The standard InChI is InChI=1S/C15H16N4O2/c20-14-6-5-13(11-3-4-11)18-19(14)9-8-17-15(21)12-2-1-7-16-10-12/h1-2,5-7,10-11H,3-4,8-9H2,(H,17,21). The van der Waals surface area contributed by atoms with E-state index in [4.69, 9.17) is 0 Å². The van der Waals surface area contributed by atoms with Gasteiger partial charge in [-0.05, 0) is 31.0 Å². The zero-order chi connectivity index (χ0) is 14.7. The minimum Gasteiger partial charge on any atom is -0.350 e. The number of carbonyl (C=O) groups excluding carboxylic acids is 1. The highest BCUT2D eigenvalue weighted by atomic mass is 16.2. The Bertz CT molecular complexity index is 692. The number of amides is 1. The molecule has 1 saturated carbocycles. The summed E-state index contributed by atoms with van der Waals surface area (Å²) in [6.07, 6.45) is 5.41. The summed E-state index contributed by atoms with van der Waals surface area (Å²) in [6, 6.07) is 6.74. The third-order valence-electron chi connectivity index (χ3n) is 3.42. The van der Waals surface area contributed by atoms with Gasteiger partial charge < -0.3 is 5.32 Å². The molecule has 0 bridgehead atoms. The normalized spacial score (nSPS) is 13.9. The first-order valence-corrected chi connectivity index (χ1v) is 7.00. The van der Waals surface area contributed by atoms with Crippen molar-refractivity contribution in [2.45, 2.75) is 25.3 Å². The van der Waals surface area contributed by atoms with Crippen LogP contribution in [0, 0.1) is 0 Å². The van der Waals surface area contributed by atoms with Gasteiger partial charge in [-0.1, -0.05) is 0 Å². The van der Waals surface area contributed by atoms with Gasteiger partial charge in [0.15, 0.2) is 0 Å². The van der Waals surface area contributed by atoms with E-state index in [-0.39, 0.29) is 11.5 Å². The van der Waals surface area contributed by atoms with Crippen molar-refractivity contribution < 1.29 is 4.79 Å². The van der Waals surface area contributed by atoms with Gasteiger partial charge in [-0.3, -0.25) is 14.6 Å². The summed E-state index contributed by atoms with van der Waals surface area (Å²) in [5.41, 5.74) is 1.33. The maximum atomic E-state index is 11.8. The molecule has 1 fully saturated rings. The summed E-state index contributed by atoms with van der Waals surface area (Å²) in [6.45, 7) is 0.722. The SMILES string of the molecule is O=C(NCCn1nc(C2CC2)ccc1=O)c1cccnc1. The lowest BCUT2D eigenvalue weighted by Crippen LogP contribution is -2.32. The molecule has 108 valence electrons. The van der Waals surface area contributed by atoms with E-state index >= 15 is 0 Å². The molecule has 1 aliphatic rings. The van der Waals surface area contributed by atoms with Crippen LogP contribution in [0.15, 0.2) is 41.5 Å². The number of nitrogens with one attached hydrogen (secondary N) is 1. The van der Waals surface area contributed by atoms with Crippen molar-refractivity contribution in [3.63, 3.8) is 0 Å². The molecule has 1 aliphatic carbocycles. The highest BCUT2D eigenvalue weighted by Gasteiger charge is 2.25. The van der Waals surface area contributed by atoms with Gasteiger partial charge in [0.2, 0.25) is 0 Å². The van der Waals surface area contributed by atoms with E-state index in [9.17, 15) is 9.59 Å². The van der Waals surface area contributed by atoms with Crippen molar-refractivity contribution in [3.8, 4) is 0 Å². The van der Waals surface area contributed by atoms with Gasteiger partial charge >= 0.3 is 0 Å². The van der Waals surface area contributed by atoms with Crippen LogP contribution in [0.4, 0.5) is 0 Å². The van der Waals surface area contributed by atoms with Crippen LogP contribution in [-0.2, 0) is 6.54 Å². The third kappa shape index (κ3) is 3.34. The molecule has 0 aromatic carbocycles. The summed E-state index contributed by atoms with van der Waals surface area (Å²) in [5, 5.41) is 7.10. The van der Waals surface area contributed by atoms with E-state index < -0.39 is 0 Å². The number of carbonyl (C=O) groups is 1. The van der Waals surface area contributed by atoms with Crippen molar-refractivity contribution in [3.05, 3.63) is 58.3 Å². The Morgan fingerprint density at radius 3 is 2.90 bits per heavy atom. The van der Waals surface area contributed by atoms with E-state index in [1.165, 1.54) is 10.9 Å². The zero-order valence-corrected chi connectivity index (χ0v) is 11.5. The lowest BCUT2D eigenvalue weighted by atomic mass is 10.3. The molecular formula is C15H16N4O2. The summed E-state index contributed by atoms with van der Waals surface area (Å²) in [4.78, 5) is 27.5. The summed E-state index contributed by atoms with van der Waals surface area (Å²) < 4.78 is 1.41. The molecule has 2 aromatic heterocycles. The van der Waals surface area contributed by atoms with Crippen LogP contribution in [0.1, 0.15) is 34.8 Å². The van der Waals surface area contributed by atoms with Crippen LogP contribution in [0.25, 0.3) is 0 Å². The Kier molecular flexibility index (Phi) is 3.77. The van der Waals surface area contributed by atoms with Gasteiger partial charge in [-0.25, -0.2) is 4.68 Å². The first-order chi connectivity index (χ1) is 10.2. The van der Waals surface area contributed by atoms with Crippen molar-refractivity contribution in [2.75, 3.05) is 6.54 Å². The largest absolute Gasteiger partial charge is 0.350 e. The molecule has 6 nitrogen and oxygen atoms in total. The lowest BCUT2D eigenvalue weighted by Gasteiger charge is -2.08. The topological polar surface area (TPSA) is 76.9 Å². The van der Waals surface area contributed by atoms with Crippen LogP contribution >= 0.6 is 0 Å². The van der Waals surface area contributed by atoms with Crippen molar-refractivity contribution >= 4 is 5.91 Å². The van der Waals surface area contributed by atoms with Gasteiger partial charge in [0.05, 0.1) is 17.8 Å². The molecule has 0 spiro atoms. The van der Waals surface area contributed by atoms with Crippen molar-refractivity contribution in [1.82, 2.24) is 20.1 Å². The van der Waals surface area contributed by atoms with E-state index in [1.807, 2.05) is 0 Å². The smallest absolute Gasteiger partial charge is 0.266 e. The molecule has 1 amide bonds. The van der Waals surface area contributed by atoms with E-state index in [0.29, 0.717) is 24.6 Å². The highest BCUT2D eigenvalue weighted by Crippen LogP contribution is 2.38. The summed E-state index contributed by atoms with van der Waals surface area (Å²) in [7, 11) is 0. The second-order valence-corrected chi connectivity index (χ2v) is 5.09. The highest BCUT2D eigenvalue weighted by molar-refractivity contribution is 5.93. The number of aromatic nitrogens is 3. The van der Waals surface area contributed by atoms with Crippen LogP contribution in [0.3, 0.4) is 0 Å². The summed E-state index contributed by atoms with van der Waals surface area (Å²) >= 11 is 0. The van der Waals surface area contributed by atoms with E-state index in [1.54, 1.807) is 30.5 Å². The number of hydrogen-bond acceptors (Lipinski definition) is 4. The average molecular weight is 284 g/mol. The number of pyridine rings is 1. The van der Waals surface area contributed by atoms with Crippen LogP contribution in [-0.4, -0.2) is 27.2 Å². The Balaban J connectivity index is 1.59. The fourth-order valence-corrected chi connectivity index (χ4v) is 2.10. The Morgan fingerprint density at radius 1 is 1.33 bits per heavy atom. The minimum absolute atomic E-state index is 0.143. The monoisotopic (exact) mass is 284 g/mol. The Labute approximate surface area is 121 Å². The number of nitrogens with zero attached hydrogens (tertiary/aromatic N) is 3. The van der Waals surface area contributed by atoms with Gasteiger partial charge in [0.1, 0.15) is 0 Å². The Morgan fingerprint density at radius 2 is 2.19 bits per heavy atom. The molecule has 0 saturated heterocycles.